The molecule has 0 fully saturated rings. The summed E-state index contributed by atoms with van der Waals surface area (Å²) >= 11 is 0. The molecule has 3 nitrogen and oxygen atoms in total. The molecule has 0 saturated heterocycles. The maximum Gasteiger partial charge on any atom is 0.0583 e. The zero-order valence-corrected chi connectivity index (χ0v) is 38.2. The number of benzene rings is 10. The van der Waals surface area contributed by atoms with Crippen LogP contribution in [0.3, 0.4) is 0 Å². The largest absolute Gasteiger partial charge is 0.310 e. The van der Waals surface area contributed by atoms with E-state index in [2.05, 4.69) is 267 Å². The topological polar surface area (TPSA) is 11.4 Å². The molecule has 320 valence electrons. The fourth-order valence-electron chi connectivity index (χ4n) is 11.7. The summed E-state index contributed by atoms with van der Waals surface area (Å²) in [4.78, 5) is 4.98. The third-order valence-electron chi connectivity index (χ3n) is 14.9. The van der Waals surface area contributed by atoms with Gasteiger partial charge in [0.05, 0.1) is 22.4 Å². The lowest BCUT2D eigenvalue weighted by Crippen LogP contribution is -2.18. The standard InChI is InChI=1S/C64H49N3/c1-63(2)55-28-16-13-25-50(55)52-35-33-47(38-57(52)63)65(48-34-36-53-51-26-14-17-29-56(51)64(3,4)58(53)39-48)49-40-60(66(44-21-7-5-8-22-44)45-23-9-6-10-24-45)62-54-27-15-18-30-59(54)67(61(62)41-49)46-32-31-42-19-11-12-20-43(42)37-46/h5-41H,1-4H3. The quantitative estimate of drug-likeness (QED) is 0.158. The van der Waals surface area contributed by atoms with Crippen LogP contribution in [0.5, 0.6) is 0 Å². The molecule has 2 aliphatic carbocycles. The number of aromatic nitrogens is 1. The van der Waals surface area contributed by atoms with Crippen LogP contribution >= 0.6 is 0 Å². The van der Waals surface area contributed by atoms with Gasteiger partial charge in [-0.25, -0.2) is 0 Å². The van der Waals surface area contributed by atoms with Crippen LogP contribution in [0.25, 0.3) is 60.5 Å². The highest BCUT2D eigenvalue weighted by Crippen LogP contribution is 2.54. The summed E-state index contributed by atoms with van der Waals surface area (Å²) in [6.07, 6.45) is 0. The Morgan fingerprint density at radius 2 is 0.836 bits per heavy atom. The van der Waals surface area contributed by atoms with Crippen molar-refractivity contribution in [2.75, 3.05) is 9.80 Å². The number of hydrogen-bond donors (Lipinski definition) is 0. The molecule has 67 heavy (non-hydrogen) atoms. The van der Waals surface area contributed by atoms with Gasteiger partial charge in [0, 0.05) is 50.0 Å². The van der Waals surface area contributed by atoms with Crippen molar-refractivity contribution in [3.8, 4) is 27.9 Å². The first kappa shape index (κ1) is 39.2. The maximum absolute atomic E-state index is 2.53. The van der Waals surface area contributed by atoms with Gasteiger partial charge in [0.2, 0.25) is 0 Å². The second kappa shape index (κ2) is 14.7. The van der Waals surface area contributed by atoms with Crippen LogP contribution in [-0.2, 0) is 10.8 Å². The van der Waals surface area contributed by atoms with E-state index < -0.39 is 0 Å². The zero-order chi connectivity index (χ0) is 45.0. The molecule has 0 bridgehead atoms. The van der Waals surface area contributed by atoms with Crippen molar-refractivity contribution in [3.63, 3.8) is 0 Å². The number of rotatable bonds is 7. The molecule has 11 aromatic rings. The molecule has 0 amide bonds. The fourth-order valence-corrected chi connectivity index (χ4v) is 11.7. The predicted octanol–water partition coefficient (Wildman–Crippen LogP) is 17.5. The van der Waals surface area contributed by atoms with Gasteiger partial charge < -0.3 is 14.4 Å². The van der Waals surface area contributed by atoms with E-state index in [4.69, 9.17) is 0 Å². The Hall–Kier alpha value is -8.14. The lowest BCUT2D eigenvalue weighted by Gasteiger charge is -2.32. The monoisotopic (exact) mass is 859 g/mol. The molecular weight excluding hydrogens is 811 g/mol. The van der Waals surface area contributed by atoms with Gasteiger partial charge in [0.15, 0.2) is 0 Å². The molecule has 0 saturated carbocycles. The second-order valence-corrected chi connectivity index (χ2v) is 19.4. The molecule has 0 unspecified atom stereocenters. The van der Waals surface area contributed by atoms with Gasteiger partial charge in [0.25, 0.3) is 0 Å². The minimum absolute atomic E-state index is 0.176. The Bertz CT molecular complexity index is 3620. The number of nitrogens with zero attached hydrogens (tertiary/aromatic N) is 3. The molecule has 0 aliphatic heterocycles. The van der Waals surface area contributed by atoms with Crippen LogP contribution in [-0.4, -0.2) is 4.57 Å². The molecular formula is C64H49N3. The molecule has 2 aliphatic rings. The molecule has 0 N–H and O–H groups in total. The molecule has 3 heteroatoms. The van der Waals surface area contributed by atoms with Crippen molar-refractivity contribution < 1.29 is 0 Å². The minimum Gasteiger partial charge on any atom is -0.310 e. The molecule has 0 atom stereocenters. The smallest absolute Gasteiger partial charge is 0.0583 e. The molecule has 13 rings (SSSR count). The first-order valence-corrected chi connectivity index (χ1v) is 23.5. The van der Waals surface area contributed by atoms with E-state index in [-0.39, 0.29) is 10.8 Å². The van der Waals surface area contributed by atoms with Crippen molar-refractivity contribution in [1.29, 1.82) is 0 Å². The number of para-hydroxylation sites is 3. The van der Waals surface area contributed by atoms with E-state index in [1.165, 1.54) is 66.1 Å². The summed E-state index contributed by atoms with van der Waals surface area (Å²) < 4.78 is 2.49. The van der Waals surface area contributed by atoms with Gasteiger partial charge in [-0.15, -0.1) is 0 Å². The van der Waals surface area contributed by atoms with E-state index in [1.54, 1.807) is 0 Å². The van der Waals surface area contributed by atoms with Crippen molar-refractivity contribution in [2.24, 2.45) is 0 Å². The van der Waals surface area contributed by atoms with E-state index in [1.807, 2.05) is 0 Å². The Morgan fingerprint density at radius 1 is 0.328 bits per heavy atom. The first-order valence-electron chi connectivity index (χ1n) is 23.5. The SMILES string of the molecule is CC1(C)c2ccccc2-c2ccc(N(c3ccc4c(c3)C(C)(C)c3ccccc3-4)c3cc(N(c4ccccc4)c4ccccc4)c4c5ccccc5n(-c5ccc6ccccc6c5)c4c3)cc21. The Balaban J connectivity index is 1.15. The first-order chi connectivity index (χ1) is 32.8. The average Bonchev–Trinajstić information content (AvgIpc) is 3.91. The van der Waals surface area contributed by atoms with Crippen molar-refractivity contribution in [3.05, 3.63) is 247 Å². The normalized spacial score (nSPS) is 13.9. The van der Waals surface area contributed by atoms with Crippen LogP contribution in [0.2, 0.25) is 0 Å². The second-order valence-electron chi connectivity index (χ2n) is 19.4. The van der Waals surface area contributed by atoms with Crippen LogP contribution in [0.4, 0.5) is 34.1 Å². The van der Waals surface area contributed by atoms with Crippen LogP contribution in [0.1, 0.15) is 49.9 Å². The van der Waals surface area contributed by atoms with E-state index >= 15 is 0 Å². The highest BCUT2D eigenvalue weighted by Gasteiger charge is 2.38. The highest BCUT2D eigenvalue weighted by atomic mass is 15.2. The van der Waals surface area contributed by atoms with Gasteiger partial charge in [-0.05, 0) is 134 Å². The van der Waals surface area contributed by atoms with Gasteiger partial charge >= 0.3 is 0 Å². The highest BCUT2D eigenvalue weighted by molar-refractivity contribution is 6.18. The third kappa shape index (κ3) is 5.90. The number of hydrogen-bond acceptors (Lipinski definition) is 2. The van der Waals surface area contributed by atoms with Gasteiger partial charge in [-0.2, -0.15) is 0 Å². The third-order valence-corrected chi connectivity index (χ3v) is 14.9. The van der Waals surface area contributed by atoms with Crippen LogP contribution in [0, 0.1) is 0 Å². The summed E-state index contributed by atoms with van der Waals surface area (Å²) in [5.74, 6) is 0. The summed E-state index contributed by atoms with van der Waals surface area (Å²) in [7, 11) is 0. The Morgan fingerprint density at radius 3 is 1.45 bits per heavy atom. The fraction of sp³-hybridized carbons (Fsp3) is 0.0938. The van der Waals surface area contributed by atoms with Crippen LogP contribution in [0.15, 0.2) is 224 Å². The van der Waals surface area contributed by atoms with Crippen molar-refractivity contribution >= 4 is 66.7 Å². The summed E-state index contributed by atoms with van der Waals surface area (Å²) in [6, 6.07) is 83.3. The van der Waals surface area contributed by atoms with Gasteiger partial charge in [0.1, 0.15) is 0 Å². The molecule has 10 aromatic carbocycles. The Labute approximate surface area is 392 Å². The average molecular weight is 860 g/mol. The molecule has 0 spiro atoms. The van der Waals surface area contributed by atoms with Crippen molar-refractivity contribution in [1.82, 2.24) is 4.57 Å². The van der Waals surface area contributed by atoms with Gasteiger partial charge in [-0.1, -0.05) is 173 Å². The summed E-state index contributed by atoms with van der Waals surface area (Å²) in [5, 5.41) is 4.82. The van der Waals surface area contributed by atoms with Gasteiger partial charge in [-0.3, -0.25) is 0 Å². The lowest BCUT2D eigenvalue weighted by molar-refractivity contribution is 0.660. The van der Waals surface area contributed by atoms with E-state index in [0.29, 0.717) is 0 Å². The maximum atomic E-state index is 2.53. The number of anilines is 6. The van der Waals surface area contributed by atoms with E-state index in [9.17, 15) is 0 Å². The van der Waals surface area contributed by atoms with Crippen LogP contribution < -0.4 is 9.80 Å². The summed E-state index contributed by atoms with van der Waals surface area (Å²) in [6.45, 7) is 9.52. The van der Waals surface area contributed by atoms with Crippen molar-refractivity contribution in [2.45, 2.75) is 38.5 Å². The lowest BCUT2D eigenvalue weighted by atomic mass is 9.82. The Kier molecular flexibility index (Phi) is 8.60. The number of fused-ring (bicyclic) bond motifs is 10. The zero-order valence-electron chi connectivity index (χ0n) is 38.2. The van der Waals surface area contributed by atoms with E-state index in [0.717, 1.165) is 50.8 Å². The molecule has 1 aromatic heterocycles. The molecule has 1 heterocycles. The predicted molar refractivity (Wildman–Crippen MR) is 283 cm³/mol. The molecule has 0 radical (unpaired) electrons. The summed E-state index contributed by atoms with van der Waals surface area (Å²) in [5.41, 5.74) is 20.4. The minimum atomic E-state index is -0.176.